The van der Waals surface area contributed by atoms with Crippen molar-refractivity contribution in [1.29, 1.82) is 0 Å². The van der Waals surface area contributed by atoms with Gasteiger partial charge in [0.25, 0.3) is 0 Å². The summed E-state index contributed by atoms with van der Waals surface area (Å²) >= 11 is 0. The molecule has 1 amide bonds. The molecule has 0 aromatic heterocycles. The van der Waals surface area contributed by atoms with Gasteiger partial charge >= 0.3 is 0 Å². The van der Waals surface area contributed by atoms with Crippen LogP contribution in [0.3, 0.4) is 0 Å². The number of nitrogens with one attached hydrogen (secondary N) is 1. The molecule has 0 bridgehead atoms. The largest absolute Gasteiger partial charge is 0.493 e. The first-order valence-electron chi connectivity index (χ1n) is 6.32. The van der Waals surface area contributed by atoms with Gasteiger partial charge in [-0.1, -0.05) is 18.2 Å². The van der Waals surface area contributed by atoms with Crippen molar-refractivity contribution in [2.75, 3.05) is 13.2 Å². The number of hydrogen-bond donors (Lipinski definition) is 2. The summed E-state index contributed by atoms with van der Waals surface area (Å²) in [6.45, 7) is 5.98. The molecule has 0 aliphatic carbocycles. The Morgan fingerprint density at radius 2 is 2.11 bits per heavy atom. The van der Waals surface area contributed by atoms with Crippen LogP contribution < -0.4 is 10.1 Å². The molecule has 1 aromatic rings. The zero-order chi connectivity index (χ0) is 14.3. The maximum Gasteiger partial charge on any atom is 0.244 e. The monoisotopic (exact) mass is 263 g/mol. The summed E-state index contributed by atoms with van der Waals surface area (Å²) in [6, 6.07) is 7.51. The van der Waals surface area contributed by atoms with Crippen LogP contribution >= 0.6 is 0 Å². The third-order valence-electron chi connectivity index (χ3n) is 2.33. The molecule has 2 N–H and O–H groups in total. The predicted octanol–water partition coefficient (Wildman–Crippen LogP) is 1.99. The van der Waals surface area contributed by atoms with Gasteiger partial charge < -0.3 is 15.2 Å². The lowest BCUT2D eigenvalue weighted by Gasteiger charge is -2.16. The molecule has 0 saturated carbocycles. The van der Waals surface area contributed by atoms with Gasteiger partial charge in [0.2, 0.25) is 5.91 Å². The highest BCUT2D eigenvalue weighted by Crippen LogP contribution is 2.19. The molecule has 0 heterocycles. The molecule has 1 aromatic carbocycles. The normalized spacial score (nSPS) is 11.6. The van der Waals surface area contributed by atoms with Gasteiger partial charge in [-0.15, -0.1) is 0 Å². The van der Waals surface area contributed by atoms with Crippen molar-refractivity contribution in [2.45, 2.75) is 26.4 Å². The zero-order valence-corrected chi connectivity index (χ0v) is 11.6. The molecule has 0 spiro atoms. The Bertz CT molecular complexity index is 447. The second-order valence-electron chi connectivity index (χ2n) is 4.83. The first kappa shape index (κ1) is 15.2. The minimum atomic E-state index is -0.910. The first-order chi connectivity index (χ1) is 8.92. The molecule has 0 radical (unpaired) electrons. The Morgan fingerprint density at radius 3 is 2.74 bits per heavy atom. The van der Waals surface area contributed by atoms with E-state index in [4.69, 9.17) is 4.74 Å². The van der Waals surface area contributed by atoms with E-state index in [1.807, 2.05) is 31.2 Å². The Labute approximate surface area is 114 Å². The highest BCUT2D eigenvalue weighted by Gasteiger charge is 2.12. The van der Waals surface area contributed by atoms with E-state index in [0.29, 0.717) is 6.61 Å². The molecule has 0 atom stereocenters. The van der Waals surface area contributed by atoms with Crippen LogP contribution in [0.25, 0.3) is 6.08 Å². The van der Waals surface area contributed by atoms with E-state index in [1.54, 1.807) is 19.9 Å². The van der Waals surface area contributed by atoms with Gasteiger partial charge in [0.15, 0.2) is 0 Å². The van der Waals surface area contributed by atoms with Crippen molar-refractivity contribution < 1.29 is 14.6 Å². The fourth-order valence-corrected chi connectivity index (χ4v) is 1.43. The van der Waals surface area contributed by atoms with E-state index in [-0.39, 0.29) is 12.5 Å². The Hall–Kier alpha value is -1.81. The molecule has 0 aliphatic heterocycles. The lowest BCUT2D eigenvalue weighted by Crippen LogP contribution is -2.37. The van der Waals surface area contributed by atoms with E-state index in [2.05, 4.69) is 5.32 Å². The predicted molar refractivity (Wildman–Crippen MR) is 76.0 cm³/mol. The molecule has 0 saturated heterocycles. The van der Waals surface area contributed by atoms with Gasteiger partial charge in [-0.3, -0.25) is 4.79 Å². The molecular formula is C15H21NO3. The van der Waals surface area contributed by atoms with E-state index in [1.165, 1.54) is 6.08 Å². The SMILES string of the molecule is CCOc1ccccc1C=CC(=O)NCC(C)(C)O. The van der Waals surface area contributed by atoms with Crippen LogP contribution in [0.4, 0.5) is 0 Å². The van der Waals surface area contributed by atoms with Gasteiger partial charge in [-0.25, -0.2) is 0 Å². The van der Waals surface area contributed by atoms with Gasteiger partial charge in [-0.05, 0) is 32.9 Å². The number of ether oxygens (including phenoxy) is 1. The minimum absolute atomic E-state index is 0.212. The number of aliphatic hydroxyl groups is 1. The summed E-state index contributed by atoms with van der Waals surface area (Å²) in [7, 11) is 0. The molecule has 19 heavy (non-hydrogen) atoms. The molecule has 0 fully saturated rings. The fourth-order valence-electron chi connectivity index (χ4n) is 1.43. The highest BCUT2D eigenvalue weighted by molar-refractivity contribution is 5.92. The lowest BCUT2D eigenvalue weighted by atomic mass is 10.1. The van der Waals surface area contributed by atoms with Crippen LogP contribution in [0.5, 0.6) is 5.75 Å². The van der Waals surface area contributed by atoms with Crippen LogP contribution in [0.1, 0.15) is 26.3 Å². The smallest absolute Gasteiger partial charge is 0.244 e. The van der Waals surface area contributed by atoms with Gasteiger partial charge in [-0.2, -0.15) is 0 Å². The quantitative estimate of drug-likeness (QED) is 0.772. The second kappa shape index (κ2) is 6.95. The Balaban J connectivity index is 2.63. The van der Waals surface area contributed by atoms with Crippen molar-refractivity contribution in [2.24, 2.45) is 0 Å². The molecule has 0 aliphatic rings. The lowest BCUT2D eigenvalue weighted by molar-refractivity contribution is -0.117. The second-order valence-corrected chi connectivity index (χ2v) is 4.83. The van der Waals surface area contributed by atoms with Crippen LogP contribution in [0.15, 0.2) is 30.3 Å². The highest BCUT2D eigenvalue weighted by atomic mass is 16.5. The number of amides is 1. The van der Waals surface area contributed by atoms with Gasteiger partial charge in [0, 0.05) is 18.2 Å². The maximum absolute atomic E-state index is 11.6. The van der Waals surface area contributed by atoms with Gasteiger partial charge in [0.05, 0.1) is 12.2 Å². The summed E-state index contributed by atoms with van der Waals surface area (Å²) in [5.74, 6) is 0.505. The topological polar surface area (TPSA) is 58.6 Å². The molecule has 4 heteroatoms. The molecular weight excluding hydrogens is 242 g/mol. The third-order valence-corrected chi connectivity index (χ3v) is 2.33. The number of carbonyl (C=O) groups excluding carboxylic acids is 1. The van der Waals surface area contributed by atoms with Crippen molar-refractivity contribution in [3.05, 3.63) is 35.9 Å². The summed E-state index contributed by atoms with van der Waals surface area (Å²) < 4.78 is 5.46. The number of rotatable bonds is 6. The van der Waals surface area contributed by atoms with E-state index in [0.717, 1.165) is 11.3 Å². The standard InChI is InChI=1S/C15H21NO3/c1-4-19-13-8-6-5-7-12(13)9-10-14(17)16-11-15(2,3)18/h5-10,18H,4,11H2,1-3H3,(H,16,17). The van der Waals surface area contributed by atoms with E-state index in [9.17, 15) is 9.90 Å². The molecule has 1 rings (SSSR count). The van der Waals surface area contributed by atoms with E-state index < -0.39 is 5.60 Å². The number of benzene rings is 1. The Morgan fingerprint density at radius 1 is 1.42 bits per heavy atom. The summed E-state index contributed by atoms with van der Waals surface area (Å²) in [5.41, 5.74) is -0.0602. The minimum Gasteiger partial charge on any atom is -0.493 e. The zero-order valence-electron chi connectivity index (χ0n) is 11.6. The van der Waals surface area contributed by atoms with Crippen LogP contribution in [0.2, 0.25) is 0 Å². The molecule has 104 valence electrons. The summed E-state index contributed by atoms with van der Waals surface area (Å²) in [5, 5.41) is 12.1. The molecule has 4 nitrogen and oxygen atoms in total. The number of para-hydroxylation sites is 1. The molecule has 0 unspecified atom stereocenters. The van der Waals surface area contributed by atoms with Crippen LogP contribution in [0, 0.1) is 0 Å². The van der Waals surface area contributed by atoms with Crippen LogP contribution in [-0.2, 0) is 4.79 Å². The van der Waals surface area contributed by atoms with Crippen molar-refractivity contribution in [3.63, 3.8) is 0 Å². The third kappa shape index (κ3) is 6.06. The van der Waals surface area contributed by atoms with Gasteiger partial charge in [0.1, 0.15) is 5.75 Å². The summed E-state index contributed by atoms with van der Waals surface area (Å²) in [6.07, 6.45) is 3.13. The number of hydrogen-bond acceptors (Lipinski definition) is 3. The maximum atomic E-state index is 11.6. The fraction of sp³-hybridized carbons (Fsp3) is 0.400. The van der Waals surface area contributed by atoms with Crippen LogP contribution in [-0.4, -0.2) is 29.8 Å². The van der Waals surface area contributed by atoms with Crippen molar-refractivity contribution in [1.82, 2.24) is 5.32 Å². The average molecular weight is 263 g/mol. The number of carbonyl (C=O) groups is 1. The van der Waals surface area contributed by atoms with Crippen molar-refractivity contribution in [3.8, 4) is 5.75 Å². The summed E-state index contributed by atoms with van der Waals surface area (Å²) in [4.78, 5) is 11.6. The Kier molecular flexibility index (Phi) is 5.57. The van der Waals surface area contributed by atoms with Crippen molar-refractivity contribution >= 4 is 12.0 Å². The average Bonchev–Trinajstić information content (AvgIpc) is 2.35. The first-order valence-corrected chi connectivity index (χ1v) is 6.32. The van der Waals surface area contributed by atoms with E-state index >= 15 is 0 Å².